The molecule has 112 valence electrons. The molecule has 1 unspecified atom stereocenters. The number of hydrogen-bond acceptors (Lipinski definition) is 4. The van der Waals surface area contributed by atoms with Gasteiger partial charge in [-0.05, 0) is 19.1 Å². The second-order valence-corrected chi connectivity index (χ2v) is 6.50. The van der Waals surface area contributed by atoms with Crippen molar-refractivity contribution in [1.29, 1.82) is 0 Å². The predicted molar refractivity (Wildman–Crippen MR) is 82.6 cm³/mol. The Bertz CT molecular complexity index is 562. The van der Waals surface area contributed by atoms with Gasteiger partial charge in [-0.25, -0.2) is 4.57 Å². The maximum absolute atomic E-state index is 12.1. The zero-order valence-electron chi connectivity index (χ0n) is 10.5. The van der Waals surface area contributed by atoms with Gasteiger partial charge in [0, 0.05) is 18.2 Å². The van der Waals surface area contributed by atoms with E-state index in [-0.39, 0.29) is 27.4 Å². The standard InChI is InChI=1S/C11H11Cl4O4P/c1-3-18-20(16,17-2)19-11(6-12)7-4-9(14)10(15)5-8(7)13/h4-6H,3H2,1-2H3/b11-6+. The summed E-state index contributed by atoms with van der Waals surface area (Å²) in [4.78, 5) is 0. The molecule has 0 fully saturated rings. The van der Waals surface area contributed by atoms with Crippen molar-refractivity contribution in [1.82, 2.24) is 0 Å². The first kappa shape index (κ1) is 18.1. The Hall–Kier alpha value is 0.0700. The smallest absolute Gasteiger partial charge is 0.402 e. The third-order valence-corrected chi connectivity index (χ3v) is 4.77. The fraction of sp³-hybridized carbons (Fsp3) is 0.273. The molecule has 0 aliphatic carbocycles. The van der Waals surface area contributed by atoms with Crippen molar-refractivity contribution >= 4 is 60.0 Å². The van der Waals surface area contributed by atoms with Crippen molar-refractivity contribution in [3.8, 4) is 0 Å². The minimum absolute atomic E-state index is 0.00568. The minimum atomic E-state index is -3.77. The van der Waals surface area contributed by atoms with Crippen LogP contribution in [-0.2, 0) is 18.1 Å². The fourth-order valence-corrected chi connectivity index (χ4v) is 3.04. The van der Waals surface area contributed by atoms with E-state index in [1.807, 2.05) is 0 Å². The Labute approximate surface area is 137 Å². The van der Waals surface area contributed by atoms with E-state index < -0.39 is 7.82 Å². The van der Waals surface area contributed by atoms with Crippen molar-refractivity contribution < 1.29 is 18.1 Å². The van der Waals surface area contributed by atoms with E-state index in [1.54, 1.807) is 6.92 Å². The van der Waals surface area contributed by atoms with E-state index in [4.69, 9.17) is 60.0 Å². The first-order valence-corrected chi connectivity index (χ1v) is 8.35. The molecule has 0 N–H and O–H groups in total. The van der Waals surface area contributed by atoms with Gasteiger partial charge in [-0.2, -0.15) is 0 Å². The summed E-state index contributed by atoms with van der Waals surface area (Å²) in [7, 11) is -2.58. The van der Waals surface area contributed by atoms with Crippen LogP contribution >= 0.6 is 54.2 Å². The van der Waals surface area contributed by atoms with Gasteiger partial charge in [0.05, 0.1) is 21.7 Å². The number of phosphoric acid groups is 1. The van der Waals surface area contributed by atoms with Crippen LogP contribution in [0.15, 0.2) is 17.7 Å². The number of halogens is 4. The molecular formula is C11H11Cl4O4P. The largest absolute Gasteiger partial charge is 0.529 e. The summed E-state index contributed by atoms with van der Waals surface area (Å²) in [5.41, 5.74) is 1.36. The van der Waals surface area contributed by atoms with Crippen molar-refractivity contribution in [2.24, 2.45) is 0 Å². The van der Waals surface area contributed by atoms with Crippen LogP contribution in [0, 0.1) is 0 Å². The lowest BCUT2D eigenvalue weighted by Gasteiger charge is -2.18. The van der Waals surface area contributed by atoms with Gasteiger partial charge in [0.2, 0.25) is 0 Å². The van der Waals surface area contributed by atoms with Crippen LogP contribution in [0.1, 0.15) is 12.5 Å². The van der Waals surface area contributed by atoms with E-state index in [1.165, 1.54) is 19.2 Å². The van der Waals surface area contributed by atoms with Crippen molar-refractivity contribution in [2.45, 2.75) is 6.92 Å². The third-order valence-electron chi connectivity index (χ3n) is 2.10. The Morgan fingerprint density at radius 3 is 2.35 bits per heavy atom. The predicted octanol–water partition coefficient (Wildman–Crippen LogP) is 5.99. The van der Waals surface area contributed by atoms with Gasteiger partial charge in [-0.15, -0.1) is 0 Å². The molecule has 0 heterocycles. The van der Waals surface area contributed by atoms with E-state index in [0.29, 0.717) is 5.56 Å². The van der Waals surface area contributed by atoms with Gasteiger partial charge in [0.25, 0.3) is 0 Å². The van der Waals surface area contributed by atoms with Crippen LogP contribution in [-0.4, -0.2) is 13.7 Å². The van der Waals surface area contributed by atoms with Gasteiger partial charge in [-0.3, -0.25) is 9.05 Å². The second kappa shape index (κ2) is 7.90. The highest BCUT2D eigenvalue weighted by molar-refractivity contribution is 7.48. The number of hydrogen-bond donors (Lipinski definition) is 0. The van der Waals surface area contributed by atoms with Crippen LogP contribution in [0.2, 0.25) is 15.1 Å². The lowest BCUT2D eigenvalue weighted by molar-refractivity contribution is 0.178. The molecule has 0 saturated carbocycles. The van der Waals surface area contributed by atoms with Crippen molar-refractivity contribution in [2.75, 3.05) is 13.7 Å². The van der Waals surface area contributed by atoms with E-state index >= 15 is 0 Å². The normalized spacial score (nSPS) is 15.0. The van der Waals surface area contributed by atoms with Gasteiger partial charge in [0.1, 0.15) is 0 Å². The first-order chi connectivity index (χ1) is 9.36. The molecule has 1 aromatic rings. The number of benzene rings is 1. The zero-order valence-corrected chi connectivity index (χ0v) is 14.4. The Morgan fingerprint density at radius 1 is 1.25 bits per heavy atom. The van der Waals surface area contributed by atoms with E-state index in [0.717, 1.165) is 5.54 Å². The molecule has 0 aliphatic rings. The molecule has 0 spiro atoms. The van der Waals surface area contributed by atoms with Crippen LogP contribution < -0.4 is 0 Å². The Morgan fingerprint density at radius 2 is 1.85 bits per heavy atom. The monoisotopic (exact) mass is 378 g/mol. The summed E-state index contributed by atoms with van der Waals surface area (Å²) >= 11 is 23.4. The summed E-state index contributed by atoms with van der Waals surface area (Å²) in [6, 6.07) is 2.86. The molecule has 1 rings (SSSR count). The number of rotatable bonds is 6. The van der Waals surface area contributed by atoms with Crippen molar-refractivity contribution in [3.63, 3.8) is 0 Å². The van der Waals surface area contributed by atoms with Gasteiger partial charge in [0.15, 0.2) is 5.76 Å². The van der Waals surface area contributed by atoms with E-state index in [2.05, 4.69) is 0 Å². The molecule has 0 bridgehead atoms. The van der Waals surface area contributed by atoms with Gasteiger partial charge < -0.3 is 4.52 Å². The summed E-state index contributed by atoms with van der Waals surface area (Å²) < 4.78 is 27.0. The number of phosphoric ester groups is 1. The van der Waals surface area contributed by atoms with Crippen LogP contribution in [0.5, 0.6) is 0 Å². The Kier molecular flexibility index (Phi) is 7.16. The second-order valence-electron chi connectivity index (χ2n) is 3.36. The highest BCUT2D eigenvalue weighted by atomic mass is 35.5. The molecule has 9 heteroatoms. The molecule has 0 amide bonds. The zero-order chi connectivity index (χ0) is 15.3. The molecule has 1 atom stereocenters. The molecule has 0 aromatic heterocycles. The molecular weight excluding hydrogens is 369 g/mol. The minimum Gasteiger partial charge on any atom is -0.402 e. The fourth-order valence-electron chi connectivity index (χ4n) is 1.23. The molecule has 0 aliphatic heterocycles. The summed E-state index contributed by atoms with van der Waals surface area (Å²) in [6.45, 7) is 1.78. The topological polar surface area (TPSA) is 44.8 Å². The molecule has 4 nitrogen and oxygen atoms in total. The van der Waals surface area contributed by atoms with Gasteiger partial charge >= 0.3 is 7.82 Å². The Balaban J connectivity index is 3.16. The quantitative estimate of drug-likeness (QED) is 0.346. The summed E-state index contributed by atoms with van der Waals surface area (Å²) in [6.07, 6.45) is 0. The van der Waals surface area contributed by atoms with Crippen molar-refractivity contribution in [3.05, 3.63) is 38.3 Å². The average Bonchev–Trinajstić information content (AvgIpc) is 2.41. The maximum Gasteiger partial charge on any atom is 0.529 e. The highest BCUT2D eigenvalue weighted by Crippen LogP contribution is 2.53. The summed E-state index contributed by atoms with van der Waals surface area (Å²) in [5, 5.41) is 0.744. The lowest BCUT2D eigenvalue weighted by atomic mass is 10.2. The van der Waals surface area contributed by atoms with Gasteiger partial charge in [-0.1, -0.05) is 46.4 Å². The van der Waals surface area contributed by atoms with Crippen LogP contribution in [0.4, 0.5) is 0 Å². The van der Waals surface area contributed by atoms with Crippen LogP contribution in [0.25, 0.3) is 5.76 Å². The third kappa shape index (κ3) is 4.54. The highest BCUT2D eigenvalue weighted by Gasteiger charge is 2.28. The molecule has 0 radical (unpaired) electrons. The lowest BCUT2D eigenvalue weighted by Crippen LogP contribution is -1.98. The first-order valence-electron chi connectivity index (χ1n) is 5.32. The van der Waals surface area contributed by atoms with Crippen LogP contribution in [0.3, 0.4) is 0 Å². The maximum atomic E-state index is 12.1. The molecule has 0 saturated heterocycles. The summed E-state index contributed by atoms with van der Waals surface area (Å²) in [5.74, 6) is -0.00568. The molecule has 1 aromatic carbocycles. The molecule has 20 heavy (non-hydrogen) atoms. The average molecular weight is 380 g/mol. The van der Waals surface area contributed by atoms with E-state index in [9.17, 15) is 4.57 Å². The SMILES string of the molecule is CCOP(=O)(OC)O/C(=C/Cl)c1cc(Cl)c(Cl)cc1Cl.